The van der Waals surface area contributed by atoms with Crippen LogP contribution in [0.25, 0.3) is 0 Å². The zero-order chi connectivity index (χ0) is 16.3. The summed E-state index contributed by atoms with van der Waals surface area (Å²) in [5.74, 6) is -2.63. The van der Waals surface area contributed by atoms with Gasteiger partial charge in [0.25, 0.3) is 0 Å². The first-order chi connectivity index (χ1) is 9.59. The van der Waals surface area contributed by atoms with Gasteiger partial charge in [-0.2, -0.15) is 5.26 Å². The lowest BCUT2D eigenvalue weighted by Crippen LogP contribution is -2.14. The molecule has 0 saturated heterocycles. The Bertz CT molecular complexity index is 689. The fourth-order valence-corrected chi connectivity index (χ4v) is 3.16. The van der Waals surface area contributed by atoms with Crippen LogP contribution in [0.15, 0.2) is 23.1 Å². The maximum absolute atomic E-state index is 13.6. The van der Waals surface area contributed by atoms with E-state index < -0.39 is 31.9 Å². The number of sulfone groups is 1. The highest BCUT2D eigenvalue weighted by Crippen LogP contribution is 2.24. The molecule has 0 saturated carbocycles. The van der Waals surface area contributed by atoms with E-state index >= 15 is 0 Å². The average molecular weight is 313 g/mol. The first-order valence-corrected chi connectivity index (χ1v) is 7.91. The lowest BCUT2D eigenvalue weighted by molar-refractivity contribution is 0.0696. The second-order valence-electron chi connectivity index (χ2n) is 5.37. The normalized spacial score (nSPS) is 11.9. The van der Waals surface area contributed by atoms with Crippen molar-refractivity contribution in [3.05, 3.63) is 29.6 Å². The number of nitrogens with zero attached hydrogens (tertiary/aromatic N) is 1. The van der Waals surface area contributed by atoms with Gasteiger partial charge in [0.1, 0.15) is 10.7 Å². The molecule has 0 bridgehead atoms. The summed E-state index contributed by atoms with van der Waals surface area (Å²) in [4.78, 5) is 10.2. The summed E-state index contributed by atoms with van der Waals surface area (Å²) in [6, 6.07) is 4.72. The second-order valence-corrected chi connectivity index (χ2v) is 7.45. The lowest BCUT2D eigenvalue weighted by atomic mass is 9.90. The van der Waals surface area contributed by atoms with Crippen LogP contribution in [0.1, 0.15) is 37.0 Å². The van der Waals surface area contributed by atoms with Crippen LogP contribution in [0.5, 0.6) is 0 Å². The summed E-state index contributed by atoms with van der Waals surface area (Å²) in [6.45, 7) is 3.37. The van der Waals surface area contributed by atoms with Crippen molar-refractivity contribution < 1.29 is 22.7 Å². The number of benzene rings is 1. The first kappa shape index (κ1) is 17.1. The number of aromatic carboxylic acids is 1. The zero-order valence-electron chi connectivity index (χ0n) is 11.8. The van der Waals surface area contributed by atoms with Crippen LogP contribution < -0.4 is 0 Å². The molecule has 1 rings (SSSR count). The third-order valence-electron chi connectivity index (χ3n) is 3.03. The predicted octanol–water partition coefficient (Wildman–Crippen LogP) is 2.63. The Morgan fingerprint density at radius 2 is 2.05 bits per heavy atom. The summed E-state index contributed by atoms with van der Waals surface area (Å²) >= 11 is 0. The van der Waals surface area contributed by atoms with Gasteiger partial charge in [-0.1, -0.05) is 0 Å². The number of carboxylic acids is 1. The zero-order valence-corrected chi connectivity index (χ0v) is 12.6. The van der Waals surface area contributed by atoms with Gasteiger partial charge in [0.05, 0.1) is 22.8 Å². The van der Waals surface area contributed by atoms with Crippen LogP contribution in [0.4, 0.5) is 4.39 Å². The van der Waals surface area contributed by atoms with Crippen molar-refractivity contribution in [3.63, 3.8) is 0 Å². The number of nitriles is 1. The molecule has 0 aliphatic heterocycles. The average Bonchev–Trinajstić information content (AvgIpc) is 2.38. The van der Waals surface area contributed by atoms with Crippen LogP contribution in [0.2, 0.25) is 0 Å². The number of hydrogen-bond acceptors (Lipinski definition) is 4. The van der Waals surface area contributed by atoms with E-state index in [9.17, 15) is 17.6 Å². The molecule has 0 spiro atoms. The van der Waals surface area contributed by atoms with Gasteiger partial charge in [0, 0.05) is 0 Å². The number of hydrogen-bond donors (Lipinski definition) is 1. The monoisotopic (exact) mass is 313 g/mol. The van der Waals surface area contributed by atoms with Crippen LogP contribution in [0.3, 0.4) is 0 Å². The number of carbonyl (C=O) groups is 1. The van der Waals surface area contributed by atoms with E-state index in [1.807, 2.05) is 0 Å². The van der Waals surface area contributed by atoms with Crippen molar-refractivity contribution in [2.24, 2.45) is 5.41 Å². The smallest absolute Gasteiger partial charge is 0.335 e. The first-order valence-electron chi connectivity index (χ1n) is 6.26. The summed E-state index contributed by atoms with van der Waals surface area (Å²) < 4.78 is 37.8. The van der Waals surface area contributed by atoms with Crippen LogP contribution in [0, 0.1) is 22.6 Å². The van der Waals surface area contributed by atoms with Crippen molar-refractivity contribution >= 4 is 15.8 Å². The van der Waals surface area contributed by atoms with Crippen molar-refractivity contribution in [1.29, 1.82) is 5.26 Å². The summed E-state index contributed by atoms with van der Waals surface area (Å²) in [7, 11) is -3.93. The van der Waals surface area contributed by atoms with Crippen molar-refractivity contribution in [2.45, 2.75) is 31.6 Å². The molecule has 1 N–H and O–H groups in total. The fourth-order valence-electron chi connectivity index (χ4n) is 1.74. The summed E-state index contributed by atoms with van der Waals surface area (Å²) in [5, 5.41) is 17.7. The second kappa shape index (κ2) is 6.22. The van der Waals surface area contributed by atoms with Crippen LogP contribution >= 0.6 is 0 Å². The van der Waals surface area contributed by atoms with Gasteiger partial charge in [0.2, 0.25) is 0 Å². The van der Waals surface area contributed by atoms with Gasteiger partial charge in [-0.3, -0.25) is 0 Å². The van der Waals surface area contributed by atoms with Gasteiger partial charge >= 0.3 is 5.97 Å². The molecule has 21 heavy (non-hydrogen) atoms. The van der Waals surface area contributed by atoms with Gasteiger partial charge < -0.3 is 5.11 Å². The van der Waals surface area contributed by atoms with Crippen molar-refractivity contribution in [2.75, 3.05) is 5.75 Å². The highest BCUT2D eigenvalue weighted by Gasteiger charge is 2.23. The Kier molecular flexibility index (Phi) is 5.07. The Balaban J connectivity index is 2.96. The molecule has 0 fully saturated rings. The quantitative estimate of drug-likeness (QED) is 0.871. The maximum atomic E-state index is 13.6. The summed E-state index contributed by atoms with van der Waals surface area (Å²) in [5.41, 5.74) is -0.941. The van der Waals surface area contributed by atoms with E-state index in [0.29, 0.717) is 6.42 Å². The molecule has 114 valence electrons. The Morgan fingerprint density at radius 1 is 1.43 bits per heavy atom. The van der Waals surface area contributed by atoms with Crippen LogP contribution in [-0.4, -0.2) is 25.2 Å². The molecule has 0 atom stereocenters. The van der Waals surface area contributed by atoms with E-state index in [0.717, 1.165) is 18.2 Å². The molecule has 7 heteroatoms. The largest absolute Gasteiger partial charge is 0.478 e. The highest BCUT2D eigenvalue weighted by atomic mass is 32.2. The minimum atomic E-state index is -3.93. The molecular weight excluding hydrogens is 297 g/mol. The predicted molar refractivity (Wildman–Crippen MR) is 74.0 cm³/mol. The van der Waals surface area contributed by atoms with E-state index in [4.69, 9.17) is 10.4 Å². The molecule has 0 heterocycles. The Labute approximate surface area is 122 Å². The number of rotatable bonds is 6. The third kappa shape index (κ3) is 4.53. The summed E-state index contributed by atoms with van der Waals surface area (Å²) in [6.07, 6.45) is 0.544. The Hall–Kier alpha value is -1.94. The molecular formula is C14H16FNO4S. The van der Waals surface area contributed by atoms with E-state index in [-0.39, 0.29) is 17.7 Å². The highest BCUT2D eigenvalue weighted by molar-refractivity contribution is 7.91. The van der Waals surface area contributed by atoms with Gasteiger partial charge in [-0.05, 0) is 44.9 Å². The topological polar surface area (TPSA) is 95.2 Å². The molecule has 1 aromatic rings. The molecule has 0 aliphatic rings. The molecule has 0 amide bonds. The molecule has 5 nitrogen and oxygen atoms in total. The number of halogens is 1. The van der Waals surface area contributed by atoms with Gasteiger partial charge in [-0.25, -0.2) is 17.6 Å². The maximum Gasteiger partial charge on any atom is 0.335 e. The SMILES string of the molecule is CC(C)(C#N)CCCS(=O)(=O)c1cc(C(=O)O)ccc1F. The Morgan fingerprint density at radius 3 is 2.57 bits per heavy atom. The van der Waals surface area contributed by atoms with E-state index in [1.165, 1.54) is 0 Å². The molecule has 0 aliphatic carbocycles. The third-order valence-corrected chi connectivity index (χ3v) is 4.84. The van der Waals surface area contributed by atoms with Gasteiger partial charge in [-0.15, -0.1) is 0 Å². The van der Waals surface area contributed by atoms with Gasteiger partial charge in [0.15, 0.2) is 9.84 Å². The minimum Gasteiger partial charge on any atom is -0.478 e. The molecule has 0 radical (unpaired) electrons. The van der Waals surface area contributed by atoms with Crippen molar-refractivity contribution in [1.82, 2.24) is 0 Å². The standard InChI is InChI=1S/C14H16FNO4S/c1-14(2,9-16)6-3-7-21(19,20)12-8-10(13(17)18)4-5-11(12)15/h4-5,8H,3,6-7H2,1-2H3,(H,17,18). The van der Waals surface area contributed by atoms with Crippen LogP contribution in [-0.2, 0) is 9.84 Å². The molecule has 0 unspecified atom stereocenters. The van der Waals surface area contributed by atoms with E-state index in [1.54, 1.807) is 13.8 Å². The van der Waals surface area contributed by atoms with Crippen molar-refractivity contribution in [3.8, 4) is 6.07 Å². The molecule has 1 aromatic carbocycles. The fraction of sp³-hybridized carbons (Fsp3) is 0.429. The lowest BCUT2D eigenvalue weighted by Gasteiger charge is -2.14. The number of carboxylic acid groups (broad SMARTS) is 1. The molecule has 0 aromatic heterocycles. The van der Waals surface area contributed by atoms with E-state index in [2.05, 4.69) is 6.07 Å². The minimum absolute atomic E-state index is 0.194.